The van der Waals surface area contributed by atoms with Crippen molar-refractivity contribution in [3.63, 3.8) is 0 Å². The first-order valence-corrected chi connectivity index (χ1v) is 12.7. The standard InChI is InChI=1S/Cd.2P.H4Si/h;;;1H4. The van der Waals surface area contributed by atoms with E-state index in [4.69, 9.17) is 0 Å². The van der Waals surface area contributed by atoms with Crippen molar-refractivity contribution in [2.75, 3.05) is 0 Å². The van der Waals surface area contributed by atoms with Gasteiger partial charge in [0.2, 0.25) is 0 Å². The predicted molar refractivity (Wildman–Crippen MR) is 25.2 cm³/mol. The zero-order valence-electron chi connectivity index (χ0n) is 1.60. The maximum Gasteiger partial charge on any atom is -0.0149 e. The Kier molecular flexibility index (Phi) is 20.8. The van der Waals surface area contributed by atoms with E-state index in [0.717, 1.165) is 0 Å². The minimum absolute atomic E-state index is 0. The Morgan fingerprint density at radius 2 is 1.25 bits per heavy atom. The summed E-state index contributed by atoms with van der Waals surface area (Å²) in [6.45, 7) is 0. The molecule has 0 bridgehead atoms. The Hall–Kier alpha value is 2.00. The molecule has 0 aromatic rings. The van der Waals surface area contributed by atoms with E-state index < -0.39 is 21.5 Å². The summed E-state index contributed by atoms with van der Waals surface area (Å²) >= 11 is -0.621. The zero-order valence-corrected chi connectivity index (χ0v) is 7.43. The topological polar surface area (TPSA) is 0 Å². The normalized spacial score (nSPS) is 4.50. The van der Waals surface area contributed by atoms with Crippen LogP contribution in [0.5, 0.6) is 0 Å². The second-order valence-electron chi connectivity index (χ2n) is 0.141. The molecule has 0 saturated heterocycles. The van der Waals surface area contributed by atoms with Gasteiger partial charge in [0.25, 0.3) is 0 Å². The summed E-state index contributed by atoms with van der Waals surface area (Å²) in [7, 11) is 0. The fraction of sp³-hybridized carbons (Fsp3) is 0. The van der Waals surface area contributed by atoms with E-state index in [1.165, 1.54) is 0 Å². The van der Waals surface area contributed by atoms with Gasteiger partial charge in [0.1, 0.15) is 0 Å². The molecule has 0 amide bonds. The molecule has 0 aliphatic heterocycles. The van der Waals surface area contributed by atoms with Crippen LogP contribution in [0.15, 0.2) is 0 Å². The van der Waals surface area contributed by atoms with Gasteiger partial charge in [-0.1, -0.05) is 0 Å². The van der Waals surface area contributed by atoms with Crippen molar-refractivity contribution in [3.8, 4) is 0 Å². The molecule has 4 heavy (non-hydrogen) atoms. The summed E-state index contributed by atoms with van der Waals surface area (Å²) in [6, 6.07) is 0. The third-order valence-electron chi connectivity index (χ3n) is 0. The van der Waals surface area contributed by atoms with Crippen LogP contribution in [0.3, 0.4) is 0 Å². The van der Waals surface area contributed by atoms with Crippen molar-refractivity contribution in [2.45, 2.75) is 0 Å². The van der Waals surface area contributed by atoms with Crippen LogP contribution in [0.25, 0.3) is 0 Å². The molecule has 20 valence electrons. The molecule has 0 fully saturated rings. The van der Waals surface area contributed by atoms with Gasteiger partial charge in [-0.15, -0.1) is 0 Å². The van der Waals surface area contributed by atoms with Gasteiger partial charge in [-0.05, 0) is 11.0 Å². The maximum atomic E-state index is 3.86. The molecule has 0 heterocycles. The van der Waals surface area contributed by atoms with Gasteiger partial charge in [-0.3, -0.25) is 0 Å². The molecular weight excluding hydrogens is 202 g/mol. The smallest absolute Gasteiger partial charge is 0.0149 e. The van der Waals surface area contributed by atoms with Gasteiger partial charge < -0.3 is 0 Å². The summed E-state index contributed by atoms with van der Waals surface area (Å²) < 4.78 is 0. The fourth-order valence-electron chi connectivity index (χ4n) is 0. The molecule has 0 nitrogen and oxygen atoms in total. The summed E-state index contributed by atoms with van der Waals surface area (Å²) in [5, 5.41) is 0. The van der Waals surface area contributed by atoms with E-state index in [1.54, 1.807) is 0 Å². The predicted octanol–water partition coefficient (Wildman–Crippen LogP) is 0.268. The van der Waals surface area contributed by atoms with E-state index in [1.807, 2.05) is 0 Å². The number of rotatable bonds is 0. The summed E-state index contributed by atoms with van der Waals surface area (Å²) in [5.41, 5.74) is 7.73. The average Bonchev–Trinajstić information content (AvgIpc) is 0.918. The van der Waals surface area contributed by atoms with Gasteiger partial charge in [0, 0.05) is 0 Å². The number of hydrogen-bond donors (Lipinski definition) is 0. The summed E-state index contributed by atoms with van der Waals surface area (Å²) in [4.78, 5) is 0. The van der Waals surface area contributed by atoms with Crippen molar-refractivity contribution in [1.82, 2.24) is 0 Å². The van der Waals surface area contributed by atoms with Gasteiger partial charge in [-0.25, -0.2) is 0 Å². The van der Waals surface area contributed by atoms with Crippen LogP contribution in [-0.2, 0) is 21.5 Å². The molecule has 0 radical (unpaired) electrons. The first-order chi connectivity index (χ1) is 1.41. The molecule has 0 atom stereocenters. The van der Waals surface area contributed by atoms with Crippen LogP contribution >= 0.6 is 11.3 Å². The molecule has 0 aromatic heterocycles. The van der Waals surface area contributed by atoms with E-state index >= 15 is 0 Å². The van der Waals surface area contributed by atoms with Crippen LogP contribution in [0, 0.1) is 0 Å². The van der Waals surface area contributed by atoms with Crippen LogP contribution in [0.2, 0.25) is 0 Å². The average molecular weight is 206 g/mol. The van der Waals surface area contributed by atoms with Crippen molar-refractivity contribution in [1.29, 1.82) is 0 Å². The molecule has 0 unspecified atom stereocenters. The zero-order chi connectivity index (χ0) is 2.71. The molecule has 0 aromatic carbocycles. The van der Waals surface area contributed by atoms with Crippen LogP contribution in [0.4, 0.5) is 0 Å². The molecule has 0 N–H and O–H groups in total. The Balaban J connectivity index is 0. The first kappa shape index (κ1) is 9.37. The Morgan fingerprint density at radius 1 is 1.25 bits per heavy atom. The summed E-state index contributed by atoms with van der Waals surface area (Å²) in [6.07, 6.45) is 0. The quantitative estimate of drug-likeness (QED) is 0.394. The molecule has 0 rings (SSSR count). The van der Waals surface area contributed by atoms with Crippen molar-refractivity contribution >= 4 is 22.3 Å². The van der Waals surface area contributed by atoms with Crippen molar-refractivity contribution < 1.29 is 21.5 Å². The Bertz CT molecular complexity index is 79.2. The largest absolute Gasteiger partial charge is 0.0149 e. The van der Waals surface area contributed by atoms with E-state index in [2.05, 4.69) is 11.3 Å². The van der Waals surface area contributed by atoms with Crippen LogP contribution < -0.4 is 0 Å². The van der Waals surface area contributed by atoms with E-state index in [9.17, 15) is 0 Å². The molecular formula is H4CdP2Si. The monoisotopic (exact) mass is 208 g/mol. The van der Waals surface area contributed by atoms with E-state index in [0.29, 0.717) is 0 Å². The number of hydrogen-bond acceptors (Lipinski definition) is 0. The second kappa shape index (κ2) is 8.89. The molecule has 0 spiro atoms. The Morgan fingerprint density at radius 3 is 1.25 bits per heavy atom. The van der Waals surface area contributed by atoms with Gasteiger partial charge in [-0.2, -0.15) is 0 Å². The Labute approximate surface area is 43.6 Å². The van der Waals surface area contributed by atoms with Crippen LogP contribution in [-0.4, -0.2) is 11.0 Å². The molecule has 0 aliphatic carbocycles. The van der Waals surface area contributed by atoms with Gasteiger partial charge >= 0.3 is 32.8 Å². The fourth-order valence-corrected chi connectivity index (χ4v) is 0. The van der Waals surface area contributed by atoms with Gasteiger partial charge in [0.05, 0.1) is 0 Å². The first-order valence-electron chi connectivity index (χ1n) is 0.632. The SMILES string of the molecule is [P]#[Cd]#[P].[SiH4]. The second-order valence-corrected chi connectivity index (χ2v) is 8.54. The minimum atomic E-state index is -0.621. The van der Waals surface area contributed by atoms with Gasteiger partial charge in [0.15, 0.2) is 0 Å². The minimum Gasteiger partial charge on any atom is -0.0149 e. The molecule has 4 heteroatoms. The third-order valence-corrected chi connectivity index (χ3v) is 0. The van der Waals surface area contributed by atoms with E-state index in [-0.39, 0.29) is 11.0 Å². The molecule has 0 aliphatic rings. The van der Waals surface area contributed by atoms with Crippen molar-refractivity contribution in [2.24, 2.45) is 0 Å². The third kappa shape index (κ3) is 9.00. The van der Waals surface area contributed by atoms with Crippen LogP contribution in [0.1, 0.15) is 0 Å². The maximum absolute atomic E-state index is 3.86. The molecule has 0 saturated carbocycles. The van der Waals surface area contributed by atoms with Crippen molar-refractivity contribution in [3.05, 3.63) is 0 Å². The summed E-state index contributed by atoms with van der Waals surface area (Å²) in [5.74, 6) is 0.